The van der Waals surface area contributed by atoms with Crippen molar-refractivity contribution in [2.75, 3.05) is 33.0 Å². The summed E-state index contributed by atoms with van der Waals surface area (Å²) < 4.78 is 37.9. The van der Waals surface area contributed by atoms with Crippen LogP contribution in [0.2, 0.25) is 0 Å². The third-order valence-electron chi connectivity index (χ3n) is 7.12. The average molecular weight is 648 g/mol. The van der Waals surface area contributed by atoms with Crippen LogP contribution in [0.15, 0.2) is 0 Å². The van der Waals surface area contributed by atoms with Crippen molar-refractivity contribution < 1.29 is 89.0 Å². The van der Waals surface area contributed by atoms with E-state index in [4.69, 9.17) is 33.2 Å². The fourth-order valence-electron chi connectivity index (χ4n) is 4.82. The van der Waals surface area contributed by atoms with Gasteiger partial charge in [0, 0.05) is 6.54 Å². The Morgan fingerprint density at radius 2 is 1.07 bits per heavy atom. The van der Waals surface area contributed by atoms with Crippen LogP contribution in [0.4, 0.5) is 4.79 Å². The first-order chi connectivity index (χ1) is 20.6. The highest BCUT2D eigenvalue weighted by Gasteiger charge is 2.53. The minimum atomic E-state index is -1.94. The zero-order chi connectivity index (χ0) is 32.9. The molecule has 258 valence electrons. The standard InChI is InChI=1S/C25H45NO18/c1-25(2,3)44-24(37)26-4-5-38-21-17(35)14(32)19(10(7-28)40-21)43-23-18(36)15(33)20(11(8-29)41-23)42-22-16(34)13(31)12(30)9(6-27)39-22/h9-23,27-36H,4-8H2,1-3H3,(H,26,37)/t9?,10-,11?,12-,13-,14?,15+,16?,17?,18?,19+,20-,21+,22+,23-/m0/s1. The number of aliphatic hydroxyl groups excluding tert-OH is 10. The van der Waals surface area contributed by atoms with E-state index >= 15 is 0 Å². The first-order valence-electron chi connectivity index (χ1n) is 14.1. The van der Waals surface area contributed by atoms with Gasteiger partial charge in [0.15, 0.2) is 18.9 Å². The van der Waals surface area contributed by atoms with Crippen LogP contribution in [-0.2, 0) is 33.2 Å². The van der Waals surface area contributed by atoms with Crippen molar-refractivity contribution in [2.24, 2.45) is 0 Å². The molecule has 0 aromatic heterocycles. The van der Waals surface area contributed by atoms with Crippen LogP contribution in [-0.4, -0.2) is 188 Å². The fourth-order valence-corrected chi connectivity index (χ4v) is 4.82. The fraction of sp³-hybridized carbons (Fsp3) is 0.960. The van der Waals surface area contributed by atoms with Crippen LogP contribution in [0, 0.1) is 0 Å². The number of hydrogen-bond acceptors (Lipinski definition) is 18. The van der Waals surface area contributed by atoms with Gasteiger partial charge in [-0.1, -0.05) is 0 Å². The van der Waals surface area contributed by atoms with Crippen molar-refractivity contribution >= 4 is 6.09 Å². The quantitative estimate of drug-likeness (QED) is 0.0930. The average Bonchev–Trinajstić information content (AvgIpc) is 2.97. The molecule has 0 aliphatic carbocycles. The van der Waals surface area contributed by atoms with Crippen LogP contribution in [0.1, 0.15) is 20.8 Å². The monoisotopic (exact) mass is 647 g/mol. The van der Waals surface area contributed by atoms with Crippen LogP contribution < -0.4 is 5.32 Å². The minimum Gasteiger partial charge on any atom is -0.444 e. The Balaban J connectivity index is 1.60. The van der Waals surface area contributed by atoms with E-state index in [1.165, 1.54) is 0 Å². The summed E-state index contributed by atoms with van der Waals surface area (Å²) in [4.78, 5) is 11.8. The van der Waals surface area contributed by atoms with Gasteiger partial charge in [-0.05, 0) is 20.8 Å². The van der Waals surface area contributed by atoms with Crippen molar-refractivity contribution in [3.8, 4) is 0 Å². The number of alkyl carbamates (subject to hydrolysis) is 1. The smallest absolute Gasteiger partial charge is 0.407 e. The number of ether oxygens (including phenoxy) is 7. The van der Waals surface area contributed by atoms with E-state index in [2.05, 4.69) is 5.32 Å². The molecule has 0 aromatic rings. The zero-order valence-corrected chi connectivity index (χ0v) is 24.4. The van der Waals surface area contributed by atoms with E-state index in [0.717, 1.165) is 0 Å². The van der Waals surface area contributed by atoms with Crippen LogP contribution in [0.25, 0.3) is 0 Å². The summed E-state index contributed by atoms with van der Waals surface area (Å²) in [6.07, 6.45) is -25.7. The molecule has 3 fully saturated rings. The molecule has 19 heteroatoms. The molecular weight excluding hydrogens is 602 g/mol. The summed E-state index contributed by atoms with van der Waals surface area (Å²) in [5, 5.41) is 105. The predicted molar refractivity (Wildman–Crippen MR) is 139 cm³/mol. The predicted octanol–water partition coefficient (Wildman–Crippen LogP) is -6.02. The van der Waals surface area contributed by atoms with Crippen molar-refractivity contribution in [2.45, 2.75) is 118 Å². The molecule has 3 aliphatic rings. The van der Waals surface area contributed by atoms with Crippen LogP contribution in [0.5, 0.6) is 0 Å². The van der Waals surface area contributed by atoms with Gasteiger partial charge in [0.2, 0.25) is 0 Å². The number of rotatable bonds is 11. The Labute approximate surface area is 252 Å². The van der Waals surface area contributed by atoms with Gasteiger partial charge in [0.05, 0.1) is 26.4 Å². The second-order valence-electron chi connectivity index (χ2n) is 11.6. The molecule has 3 rings (SSSR count). The molecule has 0 radical (unpaired) electrons. The highest BCUT2D eigenvalue weighted by molar-refractivity contribution is 5.67. The maximum Gasteiger partial charge on any atom is 0.407 e. The summed E-state index contributed by atoms with van der Waals surface area (Å²) in [5.41, 5.74) is -0.720. The highest BCUT2D eigenvalue weighted by atomic mass is 16.8. The molecule has 6 unspecified atom stereocenters. The van der Waals surface area contributed by atoms with E-state index < -0.39 is 124 Å². The molecule has 3 heterocycles. The van der Waals surface area contributed by atoms with E-state index in [0.29, 0.717) is 0 Å². The lowest BCUT2D eigenvalue weighted by Crippen LogP contribution is -2.66. The molecule has 0 saturated carbocycles. The van der Waals surface area contributed by atoms with Gasteiger partial charge in [-0.15, -0.1) is 0 Å². The molecule has 1 amide bonds. The summed E-state index contributed by atoms with van der Waals surface area (Å²) in [5.74, 6) is 0. The molecule has 3 saturated heterocycles. The SMILES string of the molecule is CC(C)(C)OC(=O)NCCO[C@@H]1O[C@@H](CO)[C@@H](O[C@@H]2OC(CO)[C@H](O[C@H]3OC(CO)[C@H](O)[C@H](O)C3O)[C@H](O)C2O)C(O)C1O. The summed E-state index contributed by atoms with van der Waals surface area (Å²) in [6.45, 7) is 2.47. The molecule has 3 aliphatic heterocycles. The van der Waals surface area contributed by atoms with Gasteiger partial charge in [0.25, 0.3) is 0 Å². The highest BCUT2D eigenvalue weighted by Crippen LogP contribution is 2.32. The van der Waals surface area contributed by atoms with Gasteiger partial charge in [0.1, 0.15) is 78.8 Å². The molecule has 0 bridgehead atoms. The van der Waals surface area contributed by atoms with Crippen molar-refractivity contribution in [3.63, 3.8) is 0 Å². The molecular formula is C25H45NO18. The Morgan fingerprint density at radius 1 is 0.636 bits per heavy atom. The van der Waals surface area contributed by atoms with Gasteiger partial charge >= 0.3 is 6.09 Å². The summed E-state index contributed by atoms with van der Waals surface area (Å²) in [7, 11) is 0. The van der Waals surface area contributed by atoms with E-state index in [9.17, 15) is 55.9 Å². The Morgan fingerprint density at radius 3 is 1.55 bits per heavy atom. The van der Waals surface area contributed by atoms with Gasteiger partial charge in [-0.3, -0.25) is 0 Å². The van der Waals surface area contributed by atoms with Gasteiger partial charge in [-0.2, -0.15) is 0 Å². The summed E-state index contributed by atoms with van der Waals surface area (Å²) >= 11 is 0. The lowest BCUT2D eigenvalue weighted by molar-refractivity contribution is -0.379. The van der Waals surface area contributed by atoms with Gasteiger partial charge < -0.3 is 89.5 Å². The Bertz CT molecular complexity index is 888. The van der Waals surface area contributed by atoms with Crippen LogP contribution >= 0.6 is 0 Å². The maximum atomic E-state index is 11.8. The number of carbonyl (C=O) groups excluding carboxylic acids is 1. The Hall–Kier alpha value is -1.37. The number of aliphatic hydroxyl groups is 10. The molecule has 0 spiro atoms. The number of hydrogen-bond donors (Lipinski definition) is 11. The molecule has 0 aromatic carbocycles. The second-order valence-corrected chi connectivity index (χ2v) is 11.6. The topological polar surface area (TPSA) is 296 Å². The van der Waals surface area contributed by atoms with Gasteiger partial charge in [-0.25, -0.2) is 4.79 Å². The Kier molecular flexibility index (Phi) is 13.4. The number of carbonyl (C=O) groups is 1. The first kappa shape index (κ1) is 37.1. The zero-order valence-electron chi connectivity index (χ0n) is 24.4. The van der Waals surface area contributed by atoms with Crippen molar-refractivity contribution in [1.29, 1.82) is 0 Å². The van der Waals surface area contributed by atoms with E-state index in [1.807, 2.05) is 0 Å². The van der Waals surface area contributed by atoms with Crippen molar-refractivity contribution in [3.05, 3.63) is 0 Å². The molecule has 44 heavy (non-hydrogen) atoms. The van der Waals surface area contributed by atoms with E-state index in [1.54, 1.807) is 20.8 Å². The molecule has 11 N–H and O–H groups in total. The third-order valence-corrected chi connectivity index (χ3v) is 7.12. The third kappa shape index (κ3) is 8.91. The number of amides is 1. The minimum absolute atomic E-state index is 0.0454. The maximum absolute atomic E-state index is 11.8. The van der Waals surface area contributed by atoms with Crippen LogP contribution in [0.3, 0.4) is 0 Å². The molecule has 15 atom stereocenters. The van der Waals surface area contributed by atoms with E-state index in [-0.39, 0.29) is 13.2 Å². The molecule has 19 nitrogen and oxygen atoms in total. The lowest BCUT2D eigenvalue weighted by Gasteiger charge is -2.48. The normalized spacial score (nSPS) is 43.4. The lowest BCUT2D eigenvalue weighted by atomic mass is 9.96. The largest absolute Gasteiger partial charge is 0.444 e. The second kappa shape index (κ2) is 16.0. The van der Waals surface area contributed by atoms with Crippen molar-refractivity contribution in [1.82, 2.24) is 5.32 Å². The first-order valence-corrected chi connectivity index (χ1v) is 14.1. The number of nitrogens with one attached hydrogen (secondary N) is 1. The summed E-state index contributed by atoms with van der Waals surface area (Å²) in [6, 6.07) is 0.